The Morgan fingerprint density at radius 3 is 2.35 bits per heavy atom. The molecule has 0 aromatic heterocycles. The molecule has 0 N–H and O–H groups in total. The van der Waals surface area contributed by atoms with Gasteiger partial charge in [-0.3, -0.25) is 4.79 Å². The van der Waals surface area contributed by atoms with E-state index in [9.17, 15) is 4.79 Å². The largest absolute Gasteiger partial charge is 0.343 e. The van der Waals surface area contributed by atoms with Gasteiger partial charge in [-0.25, -0.2) is 0 Å². The number of fused-ring (bicyclic) bond motifs is 1. The summed E-state index contributed by atoms with van der Waals surface area (Å²) in [7, 11) is 0. The van der Waals surface area contributed by atoms with E-state index >= 15 is 0 Å². The van der Waals surface area contributed by atoms with Crippen molar-refractivity contribution in [2.24, 2.45) is 0 Å². The Hall–Kier alpha value is -1.10. The van der Waals surface area contributed by atoms with Crippen molar-refractivity contribution in [1.29, 1.82) is 0 Å². The minimum absolute atomic E-state index is 0.0846. The molecule has 0 fully saturated rings. The number of benzene rings is 2. The van der Waals surface area contributed by atoms with Crippen molar-refractivity contribution < 1.29 is 4.79 Å². The fraction of sp³-hybridized carbons (Fsp3) is 0.353. The molecule has 106 valence electrons. The molecule has 1 atom stereocenters. The van der Waals surface area contributed by atoms with Crippen LogP contribution in [0.4, 0.5) is 0 Å². The van der Waals surface area contributed by atoms with E-state index in [1.54, 1.807) is 0 Å². The summed E-state index contributed by atoms with van der Waals surface area (Å²) in [4.78, 5) is 14.3. The summed E-state index contributed by atoms with van der Waals surface area (Å²) in [6.07, 6.45) is 0. The fourth-order valence-electron chi connectivity index (χ4n) is 2.46. The number of carbonyl (C=O) groups is 1. The third kappa shape index (κ3) is 3.14. The van der Waals surface area contributed by atoms with Gasteiger partial charge in [0.2, 0.25) is 5.91 Å². The lowest BCUT2D eigenvalue weighted by molar-refractivity contribution is -0.132. The lowest BCUT2D eigenvalue weighted by Gasteiger charge is -2.23. The summed E-state index contributed by atoms with van der Waals surface area (Å²) >= 11 is 2.32. The molecule has 2 nitrogen and oxygen atoms in total. The molecule has 20 heavy (non-hydrogen) atoms. The lowest BCUT2D eigenvalue weighted by Crippen LogP contribution is -2.33. The van der Waals surface area contributed by atoms with Crippen LogP contribution in [0.1, 0.15) is 32.3 Å². The second-order valence-corrected chi connectivity index (χ2v) is 6.23. The maximum atomic E-state index is 12.4. The summed E-state index contributed by atoms with van der Waals surface area (Å²) in [5.41, 5.74) is 1.09. The molecule has 1 unspecified atom stereocenters. The van der Waals surface area contributed by atoms with Crippen LogP contribution in [-0.4, -0.2) is 23.9 Å². The molecule has 0 radical (unpaired) electrons. The molecule has 1 amide bonds. The summed E-state index contributed by atoms with van der Waals surface area (Å²) in [5, 5.41) is 2.42. The number of hydrogen-bond donors (Lipinski definition) is 0. The molecule has 0 aliphatic heterocycles. The standard InChI is InChI=1S/C17H20INO/c1-4-19(5-2)17(20)12(3)13-6-7-15-11-16(18)9-8-14(15)10-13/h6-12H,4-5H2,1-3H3. The molecule has 0 saturated carbocycles. The number of amides is 1. The van der Waals surface area contributed by atoms with Gasteiger partial charge in [0.25, 0.3) is 0 Å². The molecule has 2 rings (SSSR count). The average molecular weight is 381 g/mol. The zero-order chi connectivity index (χ0) is 14.7. The van der Waals surface area contributed by atoms with Gasteiger partial charge >= 0.3 is 0 Å². The van der Waals surface area contributed by atoms with Crippen molar-refractivity contribution in [3.63, 3.8) is 0 Å². The van der Waals surface area contributed by atoms with Crippen LogP contribution in [0.3, 0.4) is 0 Å². The third-order valence-corrected chi connectivity index (χ3v) is 4.44. The van der Waals surface area contributed by atoms with E-state index in [2.05, 4.69) is 59.0 Å². The van der Waals surface area contributed by atoms with Crippen LogP contribution in [-0.2, 0) is 4.79 Å². The van der Waals surface area contributed by atoms with Crippen molar-refractivity contribution in [3.8, 4) is 0 Å². The number of likely N-dealkylation sites (N-methyl/N-ethyl adjacent to an activating group) is 1. The monoisotopic (exact) mass is 381 g/mol. The average Bonchev–Trinajstić information content (AvgIpc) is 2.47. The van der Waals surface area contributed by atoms with E-state index in [-0.39, 0.29) is 11.8 Å². The molecule has 0 spiro atoms. The van der Waals surface area contributed by atoms with Gasteiger partial charge in [-0.2, -0.15) is 0 Å². The van der Waals surface area contributed by atoms with Gasteiger partial charge in [-0.15, -0.1) is 0 Å². The second kappa shape index (κ2) is 6.57. The molecule has 2 aromatic carbocycles. The maximum Gasteiger partial charge on any atom is 0.229 e. The van der Waals surface area contributed by atoms with Gasteiger partial charge in [-0.1, -0.05) is 24.3 Å². The summed E-state index contributed by atoms with van der Waals surface area (Å²) < 4.78 is 1.23. The molecule has 0 aliphatic rings. The van der Waals surface area contributed by atoms with Crippen LogP contribution in [0.15, 0.2) is 36.4 Å². The number of nitrogens with zero attached hydrogens (tertiary/aromatic N) is 1. The highest BCUT2D eigenvalue weighted by Gasteiger charge is 2.19. The van der Waals surface area contributed by atoms with Gasteiger partial charge in [-0.05, 0) is 71.8 Å². The molecule has 0 saturated heterocycles. The van der Waals surface area contributed by atoms with Crippen molar-refractivity contribution >= 4 is 39.3 Å². The molecule has 0 heterocycles. The van der Waals surface area contributed by atoms with Gasteiger partial charge in [0.15, 0.2) is 0 Å². The first kappa shape index (κ1) is 15.3. The van der Waals surface area contributed by atoms with Crippen LogP contribution in [0.25, 0.3) is 10.8 Å². The second-order valence-electron chi connectivity index (χ2n) is 4.98. The first-order valence-corrected chi connectivity index (χ1v) is 8.12. The third-order valence-electron chi connectivity index (χ3n) is 3.77. The fourth-order valence-corrected chi connectivity index (χ4v) is 2.97. The summed E-state index contributed by atoms with van der Waals surface area (Å²) in [6, 6.07) is 12.7. The molecule has 2 aromatic rings. The van der Waals surface area contributed by atoms with Crippen molar-refractivity contribution in [1.82, 2.24) is 4.90 Å². The Bertz CT molecular complexity index is 619. The van der Waals surface area contributed by atoms with E-state index in [1.807, 2.05) is 25.7 Å². The predicted octanol–water partition coefficient (Wildman–Crippen LogP) is 4.42. The highest BCUT2D eigenvalue weighted by molar-refractivity contribution is 14.1. The molecular weight excluding hydrogens is 361 g/mol. The van der Waals surface area contributed by atoms with E-state index in [0.717, 1.165) is 18.7 Å². The Balaban J connectivity index is 2.33. The van der Waals surface area contributed by atoms with Crippen LogP contribution >= 0.6 is 22.6 Å². The number of hydrogen-bond acceptors (Lipinski definition) is 1. The lowest BCUT2D eigenvalue weighted by atomic mass is 9.96. The smallest absolute Gasteiger partial charge is 0.229 e. The van der Waals surface area contributed by atoms with Crippen LogP contribution in [0.2, 0.25) is 0 Å². The van der Waals surface area contributed by atoms with Gasteiger partial charge < -0.3 is 4.90 Å². The van der Waals surface area contributed by atoms with Crippen molar-refractivity contribution in [2.75, 3.05) is 13.1 Å². The topological polar surface area (TPSA) is 20.3 Å². The highest BCUT2D eigenvalue weighted by Crippen LogP contribution is 2.24. The zero-order valence-electron chi connectivity index (χ0n) is 12.2. The highest BCUT2D eigenvalue weighted by atomic mass is 127. The van der Waals surface area contributed by atoms with E-state index in [1.165, 1.54) is 14.3 Å². The van der Waals surface area contributed by atoms with Crippen LogP contribution in [0.5, 0.6) is 0 Å². The van der Waals surface area contributed by atoms with E-state index in [4.69, 9.17) is 0 Å². The first-order chi connectivity index (χ1) is 9.56. The van der Waals surface area contributed by atoms with Crippen LogP contribution in [0, 0.1) is 3.57 Å². The Labute approximate surface area is 134 Å². The molecule has 3 heteroatoms. The first-order valence-electron chi connectivity index (χ1n) is 7.04. The van der Waals surface area contributed by atoms with Gasteiger partial charge in [0.05, 0.1) is 5.92 Å². The molecule has 0 bridgehead atoms. The summed E-state index contributed by atoms with van der Waals surface area (Å²) in [6.45, 7) is 7.58. The van der Waals surface area contributed by atoms with E-state index in [0.29, 0.717) is 0 Å². The van der Waals surface area contributed by atoms with Crippen molar-refractivity contribution in [2.45, 2.75) is 26.7 Å². The SMILES string of the molecule is CCN(CC)C(=O)C(C)c1ccc2cc(I)ccc2c1. The minimum atomic E-state index is -0.0846. The van der Waals surface area contributed by atoms with Crippen LogP contribution < -0.4 is 0 Å². The van der Waals surface area contributed by atoms with Gasteiger partial charge in [0.1, 0.15) is 0 Å². The van der Waals surface area contributed by atoms with Gasteiger partial charge in [0, 0.05) is 16.7 Å². The number of rotatable bonds is 4. The zero-order valence-corrected chi connectivity index (χ0v) is 14.3. The quantitative estimate of drug-likeness (QED) is 0.719. The molecule has 0 aliphatic carbocycles. The Morgan fingerprint density at radius 1 is 1.10 bits per heavy atom. The minimum Gasteiger partial charge on any atom is -0.343 e. The van der Waals surface area contributed by atoms with E-state index < -0.39 is 0 Å². The Morgan fingerprint density at radius 2 is 1.70 bits per heavy atom. The number of carbonyl (C=O) groups excluding carboxylic acids is 1. The Kier molecular flexibility index (Phi) is 5.02. The maximum absolute atomic E-state index is 12.4. The number of halogens is 1. The predicted molar refractivity (Wildman–Crippen MR) is 93.0 cm³/mol. The normalized spacial score (nSPS) is 12.4. The van der Waals surface area contributed by atoms with Crippen molar-refractivity contribution in [3.05, 3.63) is 45.5 Å². The molecular formula is C17H20INO. The summed E-state index contributed by atoms with van der Waals surface area (Å²) in [5.74, 6) is 0.124.